The van der Waals surface area contributed by atoms with Crippen molar-refractivity contribution in [2.45, 2.75) is 191 Å². The lowest BCUT2D eigenvalue weighted by Gasteiger charge is -2.25. The van der Waals surface area contributed by atoms with Crippen molar-refractivity contribution in [2.24, 2.45) is 23.5 Å². The molecule has 0 aromatic heterocycles. The molecule has 20 heteroatoms. The van der Waals surface area contributed by atoms with Gasteiger partial charge in [-0.25, -0.2) is 8.98 Å². The lowest BCUT2D eigenvalue weighted by Crippen LogP contribution is -2.32. The maximum absolute atomic E-state index is 13.0. The third kappa shape index (κ3) is 42.9. The van der Waals surface area contributed by atoms with Crippen LogP contribution in [0.4, 0.5) is 0 Å². The number of ketones is 1. The van der Waals surface area contributed by atoms with Crippen LogP contribution in [-0.2, 0) is 24.2 Å². The van der Waals surface area contributed by atoms with Crippen molar-refractivity contribution >= 4 is 22.2 Å². The highest BCUT2D eigenvalue weighted by atomic mass is 32.3. The first-order valence-electron chi connectivity index (χ1n) is 28.0. The van der Waals surface area contributed by atoms with E-state index in [1.165, 1.54) is 56.4 Å². The zero-order chi connectivity index (χ0) is 61.9. The average molecular weight is 1180 g/mol. The van der Waals surface area contributed by atoms with E-state index in [0.717, 1.165) is 12.8 Å². The van der Waals surface area contributed by atoms with Gasteiger partial charge < -0.3 is 67.0 Å². The van der Waals surface area contributed by atoms with Crippen molar-refractivity contribution in [3.05, 3.63) is 157 Å². The van der Waals surface area contributed by atoms with Crippen LogP contribution in [-0.4, -0.2) is 166 Å². The van der Waals surface area contributed by atoms with Crippen LogP contribution in [0.25, 0.3) is 0 Å². The lowest BCUT2D eigenvalue weighted by molar-refractivity contribution is -0.132. The summed E-state index contributed by atoms with van der Waals surface area (Å²) in [6.07, 6.45) is 31.6. The topological polar surface area (TPSA) is 367 Å². The van der Waals surface area contributed by atoms with Gasteiger partial charge in [-0.1, -0.05) is 173 Å². The molecule has 0 aliphatic heterocycles. The summed E-state index contributed by atoms with van der Waals surface area (Å²) in [7, 11) is -4.95. The highest BCUT2D eigenvalue weighted by Gasteiger charge is 2.30. The number of Topliss-reactive ketones (excluding diaryl/α,β-unsaturated/α-hetero) is 1. The van der Waals surface area contributed by atoms with Gasteiger partial charge in [-0.2, -0.15) is 8.42 Å². The van der Waals surface area contributed by atoms with Gasteiger partial charge in [0.2, 0.25) is 0 Å². The van der Waals surface area contributed by atoms with Crippen molar-refractivity contribution in [3.63, 3.8) is 0 Å². The van der Waals surface area contributed by atoms with Crippen molar-refractivity contribution in [3.8, 4) is 0 Å². The van der Waals surface area contributed by atoms with E-state index in [1.54, 1.807) is 92.0 Å². The maximum atomic E-state index is 13.0. The molecule has 0 saturated heterocycles. The summed E-state index contributed by atoms with van der Waals surface area (Å²) in [6.45, 7) is 7.02. The largest absolute Gasteiger partial charge is 0.478 e. The minimum absolute atomic E-state index is 0.000834. The van der Waals surface area contributed by atoms with Crippen LogP contribution in [0.15, 0.2) is 157 Å². The first-order chi connectivity index (χ1) is 38.8. The molecule has 0 heterocycles. The molecule has 0 saturated carbocycles. The van der Waals surface area contributed by atoms with Gasteiger partial charge in [0.25, 0.3) is 0 Å². The van der Waals surface area contributed by atoms with Gasteiger partial charge >= 0.3 is 16.4 Å². The number of hydrogen-bond donors (Lipinski definition) is 14. The van der Waals surface area contributed by atoms with E-state index in [9.17, 15) is 78.7 Å². The van der Waals surface area contributed by atoms with Crippen LogP contribution in [0.1, 0.15) is 118 Å². The fourth-order valence-electron chi connectivity index (χ4n) is 7.89. The smallest absolute Gasteiger partial charge is 0.397 e. The molecule has 82 heavy (non-hydrogen) atoms. The molecule has 0 bridgehead atoms. The predicted octanol–water partition coefficient (Wildman–Crippen LogP) is 5.75. The van der Waals surface area contributed by atoms with E-state index in [1.807, 2.05) is 31.2 Å². The van der Waals surface area contributed by atoms with Crippen molar-refractivity contribution < 1.29 is 88.0 Å². The summed E-state index contributed by atoms with van der Waals surface area (Å²) < 4.78 is 37.4. The molecule has 464 valence electrons. The quantitative estimate of drug-likeness (QED) is 0.0113. The summed E-state index contributed by atoms with van der Waals surface area (Å²) in [4.78, 5) is 23.8. The minimum atomic E-state index is -4.95. The summed E-state index contributed by atoms with van der Waals surface area (Å²) in [6, 6.07) is 0. The van der Waals surface area contributed by atoms with Gasteiger partial charge in [0, 0.05) is 49.0 Å². The molecular formula is C62H97NO18S. The second-order valence-electron chi connectivity index (χ2n) is 20.5. The van der Waals surface area contributed by atoms with Crippen LogP contribution >= 0.6 is 0 Å². The zero-order valence-corrected chi connectivity index (χ0v) is 48.9. The Kier molecular flexibility index (Phi) is 43.8. The van der Waals surface area contributed by atoms with Gasteiger partial charge in [-0.05, 0) is 77.7 Å². The van der Waals surface area contributed by atoms with E-state index in [2.05, 4.69) is 0 Å². The Morgan fingerprint density at radius 3 is 1.49 bits per heavy atom. The van der Waals surface area contributed by atoms with Gasteiger partial charge in [-0.15, -0.1) is 0 Å². The van der Waals surface area contributed by atoms with E-state index in [-0.39, 0.29) is 69.3 Å². The van der Waals surface area contributed by atoms with Crippen LogP contribution in [0, 0.1) is 17.8 Å². The fourth-order valence-corrected chi connectivity index (χ4v) is 8.45. The third-order valence-corrected chi connectivity index (χ3v) is 13.3. The Labute approximate surface area is 486 Å². The summed E-state index contributed by atoms with van der Waals surface area (Å²) in [5.74, 6) is -3.24. The predicted molar refractivity (Wildman–Crippen MR) is 320 cm³/mol. The molecule has 0 aromatic rings. The number of unbranched alkanes of at least 4 members (excludes halogenated alkanes) is 1. The lowest BCUT2D eigenvalue weighted by atomic mass is 9.88. The van der Waals surface area contributed by atoms with Crippen molar-refractivity contribution in [1.29, 1.82) is 0 Å². The molecule has 19 nitrogen and oxygen atoms in total. The molecule has 15 atom stereocenters. The molecule has 0 aromatic carbocycles. The summed E-state index contributed by atoms with van der Waals surface area (Å²) in [5, 5.41) is 123. The van der Waals surface area contributed by atoms with E-state index in [4.69, 9.17) is 15.0 Å². The Bertz CT molecular complexity index is 2260. The monoisotopic (exact) mass is 1180 g/mol. The Balaban J connectivity index is 4.81. The number of allylic oxidation sites excluding steroid dienone is 16. The second kappa shape index (κ2) is 46.5. The highest BCUT2D eigenvalue weighted by molar-refractivity contribution is 7.80. The number of carboxylic acids is 1. The van der Waals surface area contributed by atoms with Gasteiger partial charge in [0.1, 0.15) is 5.78 Å². The first kappa shape index (κ1) is 77.2. The molecule has 0 radical (unpaired) electrons. The molecule has 0 aliphatic rings. The number of carboxylic acid groups (broad SMARTS) is 1. The van der Waals surface area contributed by atoms with E-state index >= 15 is 0 Å². The van der Waals surface area contributed by atoms with Crippen molar-refractivity contribution in [1.82, 2.24) is 0 Å². The number of nitrogens with two attached hydrogens (primary N) is 1. The molecule has 0 spiro atoms. The molecule has 0 fully saturated rings. The Hall–Kier alpha value is -4.85. The van der Waals surface area contributed by atoms with E-state index < -0.39 is 114 Å². The molecule has 0 unspecified atom stereocenters. The number of hydrogen-bond acceptors (Lipinski definition) is 17. The molecule has 0 rings (SSSR count). The molecule has 0 aliphatic carbocycles. The van der Waals surface area contributed by atoms with Gasteiger partial charge in [-0.3, -0.25) is 9.35 Å². The van der Waals surface area contributed by atoms with Gasteiger partial charge in [0.15, 0.2) is 0 Å². The third-order valence-electron chi connectivity index (χ3n) is 12.8. The first-order valence-corrected chi connectivity index (χ1v) is 29.4. The zero-order valence-electron chi connectivity index (χ0n) is 48.0. The molecular weight excluding hydrogens is 1080 g/mol. The Morgan fingerprint density at radius 2 is 0.963 bits per heavy atom. The highest BCUT2D eigenvalue weighted by Crippen LogP contribution is 2.21. The number of aliphatic hydroxyl groups is 11. The average Bonchev–Trinajstić information content (AvgIpc) is 3.42. The van der Waals surface area contributed by atoms with E-state index in [0.29, 0.717) is 19.4 Å². The second-order valence-corrected chi connectivity index (χ2v) is 21.6. The summed E-state index contributed by atoms with van der Waals surface area (Å²) >= 11 is 0. The van der Waals surface area contributed by atoms with Crippen LogP contribution in [0.5, 0.6) is 0 Å². The van der Waals surface area contributed by atoms with Crippen LogP contribution in [0.3, 0.4) is 0 Å². The minimum Gasteiger partial charge on any atom is -0.478 e. The SMILES string of the molecule is C\C(=C/C=C/C=C/CC/C=C/[C@@H](C)[C@@H](O)[C@H](C)[C@@H](O)/C=C/C=C/C=C/C=C/C=C/C=C/C[C@H](OS(=O)(=O)O)[C@@H](C)C(=O)C[C@H](O)C[C@H](O)/C=C/C[C@H](O)C[C@H](O)C[C@@H](O)/C=C/C[C@H](O)C[C@@H](O)/C=C/C[C@H](O)C[C@H](O)CCCN)C(=O)O. The number of carbonyl (C=O) groups is 2. The molecule has 0 amide bonds. The number of aliphatic hydroxyl groups excluding tert-OH is 11. The Morgan fingerprint density at radius 1 is 0.512 bits per heavy atom. The molecule has 15 N–H and O–H groups in total. The van der Waals surface area contributed by atoms with Crippen LogP contribution < -0.4 is 5.73 Å². The fraction of sp³-hybridized carbons (Fsp3) is 0.548. The van der Waals surface area contributed by atoms with Crippen LogP contribution in [0.2, 0.25) is 0 Å². The van der Waals surface area contributed by atoms with Gasteiger partial charge in [0.05, 0.1) is 73.2 Å². The number of carbonyl (C=O) groups excluding carboxylic acids is 1. The number of rotatable bonds is 46. The standard InChI is InChI=1S/C62H97NO18S/c1-45(27-19-15-11-10-12-16-20-28-46(2)62(76)77)61(75)48(4)58(73)36-21-17-13-8-6-5-7-9-14-18-22-37-60(81-82(78,79)80)47(3)59(74)44-57(72)43-54(69)34-25-33-53(68)42-56(71)41-52(67)32-24-31-50(65)39-49(64)29-23-30-51(66)40-55(70)35-26-38-63/h5-10,12-14,16-25,27-29,32,34,36,45,47-58,60-61,64-73,75H,11,15,26,30-31,33,35,37-44,63H2,1-4H3,(H,76,77)(H,78,79,80)/b7-5+,8-6+,12-10+,14-9+,17-13+,20-16+,22-18+,27-19+,29-23+,32-24+,34-25+,36-21+,46-28+/t45-,47+,48-,49+,50+,51+,52+,53+,54-,55-,56-,57-,58+,60+,61-/m1/s1. The number of aliphatic carboxylic acids is 1. The maximum Gasteiger partial charge on any atom is 0.397 e. The van der Waals surface area contributed by atoms with Crippen molar-refractivity contribution in [2.75, 3.05) is 6.54 Å². The normalized spacial score (nSPS) is 19.3. The summed E-state index contributed by atoms with van der Waals surface area (Å²) in [5.41, 5.74) is 5.68.